The number of carbonyl (C=O) groups excluding carboxylic acids is 1. The lowest BCUT2D eigenvalue weighted by molar-refractivity contribution is -0.137. The van der Waals surface area contributed by atoms with Crippen LogP contribution in [0.3, 0.4) is 0 Å². The Bertz CT molecular complexity index is 195. The van der Waals surface area contributed by atoms with E-state index in [1.54, 1.807) is 0 Å². The molecule has 4 heteroatoms. The van der Waals surface area contributed by atoms with Gasteiger partial charge in [0, 0.05) is 19.7 Å². The molecular weight excluding hydrogens is 192 g/mol. The maximum atomic E-state index is 11.7. The smallest absolute Gasteiger partial charge is 0.248 e. The quantitative estimate of drug-likeness (QED) is 0.729. The lowest BCUT2D eigenvalue weighted by Gasteiger charge is -2.32. The highest BCUT2D eigenvalue weighted by atomic mass is 16.5. The number of piperidine rings is 1. The van der Waals surface area contributed by atoms with E-state index in [0.29, 0.717) is 12.5 Å². The maximum absolute atomic E-state index is 11.7. The summed E-state index contributed by atoms with van der Waals surface area (Å²) in [5, 5.41) is 0. The first-order valence-electron chi connectivity index (χ1n) is 5.83. The SMILES string of the molecule is CCOCC(=O)N1CCCC(CCN)C1. The average Bonchev–Trinajstić information content (AvgIpc) is 2.27. The zero-order valence-electron chi connectivity index (χ0n) is 9.58. The van der Waals surface area contributed by atoms with Crippen LogP contribution in [0.4, 0.5) is 0 Å². The molecule has 0 saturated carbocycles. The Balaban J connectivity index is 2.31. The molecule has 1 aliphatic heterocycles. The number of hydrogen-bond donors (Lipinski definition) is 1. The molecule has 1 rings (SSSR count). The first-order chi connectivity index (χ1) is 7.27. The van der Waals surface area contributed by atoms with E-state index in [1.165, 1.54) is 6.42 Å². The second kappa shape index (κ2) is 6.80. The van der Waals surface area contributed by atoms with Gasteiger partial charge in [0.25, 0.3) is 0 Å². The number of likely N-dealkylation sites (tertiary alicyclic amines) is 1. The lowest BCUT2D eigenvalue weighted by atomic mass is 9.95. The van der Waals surface area contributed by atoms with Crippen LogP contribution in [0.2, 0.25) is 0 Å². The molecule has 15 heavy (non-hydrogen) atoms. The van der Waals surface area contributed by atoms with E-state index >= 15 is 0 Å². The van der Waals surface area contributed by atoms with Gasteiger partial charge < -0.3 is 15.4 Å². The van der Waals surface area contributed by atoms with Gasteiger partial charge in [0.2, 0.25) is 5.91 Å². The number of amides is 1. The Morgan fingerprint density at radius 3 is 3.07 bits per heavy atom. The number of ether oxygens (including phenoxy) is 1. The Hall–Kier alpha value is -0.610. The molecule has 0 aromatic rings. The van der Waals surface area contributed by atoms with Gasteiger partial charge in [-0.15, -0.1) is 0 Å². The summed E-state index contributed by atoms with van der Waals surface area (Å²) in [6.07, 6.45) is 3.33. The van der Waals surface area contributed by atoms with Crippen LogP contribution in [0.1, 0.15) is 26.2 Å². The summed E-state index contributed by atoms with van der Waals surface area (Å²) in [6.45, 7) is 5.20. The van der Waals surface area contributed by atoms with Crippen LogP contribution in [0.25, 0.3) is 0 Å². The van der Waals surface area contributed by atoms with Gasteiger partial charge in [0.05, 0.1) is 0 Å². The molecule has 4 nitrogen and oxygen atoms in total. The lowest BCUT2D eigenvalue weighted by Crippen LogP contribution is -2.42. The molecule has 1 amide bonds. The molecule has 0 aromatic carbocycles. The van der Waals surface area contributed by atoms with Gasteiger partial charge in [0.15, 0.2) is 0 Å². The highest BCUT2D eigenvalue weighted by Gasteiger charge is 2.22. The van der Waals surface area contributed by atoms with Gasteiger partial charge in [-0.05, 0) is 38.6 Å². The Morgan fingerprint density at radius 1 is 1.60 bits per heavy atom. The van der Waals surface area contributed by atoms with Crippen LogP contribution in [0, 0.1) is 5.92 Å². The summed E-state index contributed by atoms with van der Waals surface area (Å²) >= 11 is 0. The predicted octanol–water partition coefficient (Wildman–Crippen LogP) is 0.610. The molecule has 1 fully saturated rings. The van der Waals surface area contributed by atoms with Gasteiger partial charge in [0.1, 0.15) is 6.61 Å². The van der Waals surface area contributed by atoms with E-state index in [4.69, 9.17) is 10.5 Å². The molecule has 1 unspecified atom stereocenters. The zero-order chi connectivity index (χ0) is 11.1. The summed E-state index contributed by atoms with van der Waals surface area (Å²) in [4.78, 5) is 13.6. The van der Waals surface area contributed by atoms with E-state index in [-0.39, 0.29) is 12.5 Å². The van der Waals surface area contributed by atoms with Crippen molar-refractivity contribution >= 4 is 5.91 Å². The van der Waals surface area contributed by atoms with Crippen LogP contribution in [0.5, 0.6) is 0 Å². The molecule has 88 valence electrons. The normalized spacial score (nSPS) is 21.7. The van der Waals surface area contributed by atoms with Gasteiger partial charge in [-0.1, -0.05) is 0 Å². The predicted molar refractivity (Wildman–Crippen MR) is 59.5 cm³/mol. The van der Waals surface area contributed by atoms with E-state index in [9.17, 15) is 4.79 Å². The van der Waals surface area contributed by atoms with Crippen molar-refractivity contribution in [2.24, 2.45) is 11.7 Å². The molecule has 1 heterocycles. The second-order valence-corrected chi connectivity index (χ2v) is 4.06. The minimum Gasteiger partial charge on any atom is -0.372 e. The molecule has 1 saturated heterocycles. The van der Waals surface area contributed by atoms with Crippen molar-refractivity contribution < 1.29 is 9.53 Å². The van der Waals surface area contributed by atoms with Gasteiger partial charge in [-0.25, -0.2) is 0 Å². The molecule has 0 bridgehead atoms. The van der Waals surface area contributed by atoms with Crippen LogP contribution >= 0.6 is 0 Å². The Morgan fingerprint density at radius 2 is 2.40 bits per heavy atom. The van der Waals surface area contributed by atoms with Crippen molar-refractivity contribution in [3.8, 4) is 0 Å². The number of nitrogens with zero attached hydrogens (tertiary/aromatic N) is 1. The molecule has 0 aromatic heterocycles. The monoisotopic (exact) mass is 214 g/mol. The highest BCUT2D eigenvalue weighted by Crippen LogP contribution is 2.18. The third-order valence-electron chi connectivity index (χ3n) is 2.88. The maximum Gasteiger partial charge on any atom is 0.248 e. The van der Waals surface area contributed by atoms with Crippen LogP contribution < -0.4 is 5.73 Å². The van der Waals surface area contributed by atoms with E-state index < -0.39 is 0 Å². The number of nitrogens with two attached hydrogens (primary N) is 1. The van der Waals surface area contributed by atoms with Crippen molar-refractivity contribution in [3.63, 3.8) is 0 Å². The first kappa shape index (κ1) is 12.5. The van der Waals surface area contributed by atoms with Crippen molar-refractivity contribution in [2.45, 2.75) is 26.2 Å². The summed E-state index contributed by atoms with van der Waals surface area (Å²) in [5.74, 6) is 0.716. The van der Waals surface area contributed by atoms with Gasteiger partial charge in [-0.3, -0.25) is 4.79 Å². The molecule has 1 atom stereocenters. The number of carbonyl (C=O) groups is 1. The van der Waals surface area contributed by atoms with Gasteiger partial charge >= 0.3 is 0 Å². The standard InChI is InChI=1S/C11H22N2O2/c1-2-15-9-11(14)13-7-3-4-10(8-13)5-6-12/h10H,2-9,12H2,1H3. The first-order valence-corrected chi connectivity index (χ1v) is 5.83. The minimum absolute atomic E-state index is 0.124. The second-order valence-electron chi connectivity index (χ2n) is 4.06. The van der Waals surface area contributed by atoms with Crippen molar-refractivity contribution in [1.82, 2.24) is 4.90 Å². The molecule has 0 radical (unpaired) electrons. The summed E-state index contributed by atoms with van der Waals surface area (Å²) in [7, 11) is 0. The molecule has 0 spiro atoms. The van der Waals surface area contributed by atoms with E-state index in [1.807, 2.05) is 11.8 Å². The highest BCUT2D eigenvalue weighted by molar-refractivity contribution is 5.77. The summed E-state index contributed by atoms with van der Waals surface area (Å²) in [5.41, 5.74) is 5.53. The molecular formula is C11H22N2O2. The van der Waals surface area contributed by atoms with E-state index in [2.05, 4.69) is 0 Å². The number of rotatable bonds is 5. The van der Waals surface area contributed by atoms with E-state index in [0.717, 1.165) is 32.5 Å². The summed E-state index contributed by atoms with van der Waals surface area (Å²) in [6, 6.07) is 0. The van der Waals surface area contributed by atoms with Crippen molar-refractivity contribution in [2.75, 3.05) is 32.8 Å². The largest absolute Gasteiger partial charge is 0.372 e. The van der Waals surface area contributed by atoms with Crippen LogP contribution in [-0.2, 0) is 9.53 Å². The third kappa shape index (κ3) is 4.18. The fourth-order valence-electron chi connectivity index (χ4n) is 2.04. The number of hydrogen-bond acceptors (Lipinski definition) is 3. The van der Waals surface area contributed by atoms with Crippen molar-refractivity contribution in [1.29, 1.82) is 0 Å². The molecule has 0 aliphatic carbocycles. The Labute approximate surface area is 91.8 Å². The van der Waals surface area contributed by atoms with Crippen molar-refractivity contribution in [3.05, 3.63) is 0 Å². The van der Waals surface area contributed by atoms with Crippen LogP contribution in [0.15, 0.2) is 0 Å². The zero-order valence-corrected chi connectivity index (χ0v) is 9.58. The Kier molecular flexibility index (Phi) is 5.65. The van der Waals surface area contributed by atoms with Crippen LogP contribution in [-0.4, -0.2) is 43.7 Å². The summed E-state index contributed by atoms with van der Waals surface area (Å²) < 4.78 is 5.13. The topological polar surface area (TPSA) is 55.6 Å². The molecule has 1 aliphatic rings. The average molecular weight is 214 g/mol. The molecule has 2 N–H and O–H groups in total. The fraction of sp³-hybridized carbons (Fsp3) is 0.909. The minimum atomic E-state index is 0.124. The fourth-order valence-corrected chi connectivity index (χ4v) is 2.04. The third-order valence-corrected chi connectivity index (χ3v) is 2.88. The van der Waals surface area contributed by atoms with Gasteiger partial charge in [-0.2, -0.15) is 0 Å².